The van der Waals surface area contributed by atoms with Gasteiger partial charge in [-0.15, -0.1) is 0 Å². The van der Waals surface area contributed by atoms with Crippen LogP contribution in [0.3, 0.4) is 0 Å². The monoisotopic (exact) mass is 526 g/mol. The number of amides is 2. The molecule has 0 aliphatic rings. The second-order valence-corrected chi connectivity index (χ2v) is 8.42. The Morgan fingerprint density at radius 1 is 0.632 bits per heavy atom. The summed E-state index contributed by atoms with van der Waals surface area (Å²) in [7, 11) is 6.32. The van der Waals surface area contributed by atoms with Crippen molar-refractivity contribution in [2.75, 3.05) is 28.4 Å². The molecule has 0 aliphatic carbocycles. The molecule has 206 valence electrons. The van der Waals surface area contributed by atoms with Crippen molar-refractivity contribution >= 4 is 24.2 Å². The number of ether oxygens (including phenoxy) is 4. The Bertz CT molecular complexity index is 1000. The van der Waals surface area contributed by atoms with Gasteiger partial charge in [-0.25, -0.2) is 10.9 Å². The maximum absolute atomic E-state index is 12.0. The van der Waals surface area contributed by atoms with Crippen LogP contribution >= 0.6 is 0 Å². The first-order chi connectivity index (χ1) is 18.5. The fourth-order valence-electron chi connectivity index (χ4n) is 3.62. The minimum Gasteiger partial charge on any atom is -0.497 e. The molecule has 10 nitrogen and oxygen atoms in total. The van der Waals surface area contributed by atoms with Crippen molar-refractivity contribution in [1.82, 2.24) is 10.9 Å². The van der Waals surface area contributed by atoms with Crippen LogP contribution in [0.1, 0.15) is 62.5 Å². The van der Waals surface area contributed by atoms with E-state index in [0.29, 0.717) is 47.0 Å². The zero-order chi connectivity index (χ0) is 27.6. The number of carbonyl (C=O) groups is 2. The van der Waals surface area contributed by atoms with Gasteiger partial charge in [0, 0.05) is 24.0 Å². The topological polar surface area (TPSA) is 120 Å². The first-order valence-corrected chi connectivity index (χ1v) is 12.6. The van der Waals surface area contributed by atoms with Crippen LogP contribution in [0.4, 0.5) is 0 Å². The van der Waals surface area contributed by atoms with Gasteiger partial charge in [-0.3, -0.25) is 9.59 Å². The average molecular weight is 527 g/mol. The van der Waals surface area contributed by atoms with Crippen LogP contribution in [0.25, 0.3) is 0 Å². The van der Waals surface area contributed by atoms with Crippen molar-refractivity contribution in [2.24, 2.45) is 10.2 Å². The molecule has 0 fully saturated rings. The zero-order valence-corrected chi connectivity index (χ0v) is 22.6. The molecule has 2 N–H and O–H groups in total. The van der Waals surface area contributed by atoms with Gasteiger partial charge in [-0.2, -0.15) is 10.2 Å². The smallest absolute Gasteiger partial charge is 0.240 e. The largest absolute Gasteiger partial charge is 0.497 e. The summed E-state index contributed by atoms with van der Waals surface area (Å²) in [4.78, 5) is 24.0. The maximum Gasteiger partial charge on any atom is 0.240 e. The van der Waals surface area contributed by atoms with Crippen molar-refractivity contribution in [2.45, 2.75) is 51.4 Å². The van der Waals surface area contributed by atoms with Gasteiger partial charge < -0.3 is 18.9 Å². The lowest BCUT2D eigenvalue weighted by molar-refractivity contribution is -0.122. The Labute approximate surface area is 224 Å². The van der Waals surface area contributed by atoms with Gasteiger partial charge in [-0.1, -0.05) is 25.7 Å². The highest BCUT2D eigenvalue weighted by molar-refractivity contribution is 5.86. The number of hydrazone groups is 2. The van der Waals surface area contributed by atoms with Crippen molar-refractivity contribution in [3.05, 3.63) is 47.5 Å². The number of nitrogens with zero attached hydrogens (tertiary/aromatic N) is 2. The minimum absolute atomic E-state index is 0.132. The predicted molar refractivity (Wildman–Crippen MR) is 148 cm³/mol. The van der Waals surface area contributed by atoms with Gasteiger partial charge in [0.2, 0.25) is 11.8 Å². The van der Waals surface area contributed by atoms with E-state index in [-0.39, 0.29) is 11.8 Å². The number of benzene rings is 2. The molecule has 2 rings (SSSR count). The summed E-state index contributed by atoms with van der Waals surface area (Å²) >= 11 is 0. The molecule has 0 heterocycles. The van der Waals surface area contributed by atoms with Gasteiger partial charge in [0.25, 0.3) is 0 Å². The first-order valence-electron chi connectivity index (χ1n) is 12.6. The van der Waals surface area contributed by atoms with Gasteiger partial charge >= 0.3 is 0 Å². The first kappa shape index (κ1) is 30.1. The highest BCUT2D eigenvalue weighted by Crippen LogP contribution is 2.23. The summed E-state index contributed by atoms with van der Waals surface area (Å²) in [6.07, 6.45) is 9.36. The van der Waals surface area contributed by atoms with E-state index in [2.05, 4.69) is 21.1 Å². The summed E-state index contributed by atoms with van der Waals surface area (Å²) in [5, 5.41) is 8.03. The molecule has 0 radical (unpaired) electrons. The van der Waals surface area contributed by atoms with Gasteiger partial charge in [0.15, 0.2) is 0 Å². The molecule has 0 aliphatic heterocycles. The van der Waals surface area contributed by atoms with E-state index in [9.17, 15) is 9.59 Å². The van der Waals surface area contributed by atoms with E-state index in [1.54, 1.807) is 64.8 Å². The van der Waals surface area contributed by atoms with Crippen LogP contribution in [0.15, 0.2) is 46.6 Å². The molecule has 0 bridgehead atoms. The average Bonchev–Trinajstić information content (AvgIpc) is 2.94. The fourth-order valence-corrected chi connectivity index (χ4v) is 3.62. The number of nitrogens with one attached hydrogen (secondary N) is 2. The van der Waals surface area contributed by atoms with Crippen molar-refractivity contribution in [3.8, 4) is 23.0 Å². The molecule has 0 unspecified atom stereocenters. The third-order valence-electron chi connectivity index (χ3n) is 5.72. The number of hydrogen-bond acceptors (Lipinski definition) is 8. The molecule has 2 aromatic rings. The summed E-state index contributed by atoms with van der Waals surface area (Å²) in [5.41, 5.74) is 6.52. The van der Waals surface area contributed by atoms with Crippen LogP contribution in [0, 0.1) is 0 Å². The van der Waals surface area contributed by atoms with Crippen LogP contribution < -0.4 is 29.8 Å². The number of methoxy groups -OCH3 is 4. The molecule has 0 saturated carbocycles. The molecule has 0 aromatic heterocycles. The lowest BCUT2D eigenvalue weighted by atomic mass is 10.1. The Balaban J connectivity index is 1.55. The third-order valence-corrected chi connectivity index (χ3v) is 5.72. The van der Waals surface area contributed by atoms with Crippen LogP contribution in [0.2, 0.25) is 0 Å². The lowest BCUT2D eigenvalue weighted by Gasteiger charge is -2.07. The normalized spacial score (nSPS) is 10.9. The van der Waals surface area contributed by atoms with E-state index in [0.717, 1.165) is 38.5 Å². The number of rotatable bonds is 17. The van der Waals surface area contributed by atoms with Crippen LogP contribution in [-0.4, -0.2) is 52.7 Å². The molecule has 0 atom stereocenters. The van der Waals surface area contributed by atoms with Crippen LogP contribution in [-0.2, 0) is 9.59 Å². The van der Waals surface area contributed by atoms with Crippen molar-refractivity contribution in [1.29, 1.82) is 0 Å². The molecule has 0 saturated heterocycles. The molecular weight excluding hydrogens is 488 g/mol. The Hall–Kier alpha value is -4.08. The summed E-state index contributed by atoms with van der Waals surface area (Å²) < 4.78 is 21.0. The molecule has 2 aromatic carbocycles. The fraction of sp³-hybridized carbons (Fsp3) is 0.429. The van der Waals surface area contributed by atoms with E-state index < -0.39 is 0 Å². The van der Waals surface area contributed by atoms with E-state index in [1.807, 2.05) is 0 Å². The van der Waals surface area contributed by atoms with E-state index >= 15 is 0 Å². The highest BCUT2D eigenvalue weighted by Gasteiger charge is 2.05. The second kappa shape index (κ2) is 17.4. The van der Waals surface area contributed by atoms with Crippen LogP contribution in [0.5, 0.6) is 23.0 Å². The summed E-state index contributed by atoms with van der Waals surface area (Å²) in [5.74, 6) is 2.38. The molecule has 2 amide bonds. The Morgan fingerprint density at radius 2 is 1.03 bits per heavy atom. The zero-order valence-electron chi connectivity index (χ0n) is 22.6. The maximum atomic E-state index is 12.0. The second-order valence-electron chi connectivity index (χ2n) is 8.42. The van der Waals surface area contributed by atoms with E-state index in [4.69, 9.17) is 18.9 Å². The van der Waals surface area contributed by atoms with E-state index in [1.165, 1.54) is 12.4 Å². The third kappa shape index (κ3) is 10.9. The van der Waals surface area contributed by atoms with Gasteiger partial charge in [0.1, 0.15) is 23.0 Å². The number of carbonyl (C=O) groups excluding carboxylic acids is 2. The SMILES string of the molecule is COc1ccc(OC)c(/C=N\NC(=O)CCCCCCCCC(=O)N/N=C\c2cc(OC)ccc2OC)c1. The van der Waals surface area contributed by atoms with Crippen molar-refractivity contribution < 1.29 is 28.5 Å². The highest BCUT2D eigenvalue weighted by atomic mass is 16.5. The van der Waals surface area contributed by atoms with Gasteiger partial charge in [-0.05, 0) is 49.2 Å². The molecular formula is C28H38N4O6. The summed E-state index contributed by atoms with van der Waals surface area (Å²) in [6, 6.07) is 10.7. The molecule has 10 heteroatoms. The van der Waals surface area contributed by atoms with Crippen molar-refractivity contribution in [3.63, 3.8) is 0 Å². The van der Waals surface area contributed by atoms with Gasteiger partial charge in [0.05, 0.1) is 40.9 Å². The summed E-state index contributed by atoms with van der Waals surface area (Å²) in [6.45, 7) is 0. The standard InChI is InChI=1S/C28H38N4O6/c1-35-23-13-15-25(37-3)21(17-23)19-29-31-27(33)11-9-7-5-6-8-10-12-28(34)32-30-20-22-18-24(36-2)14-16-26(22)38-4/h13-20H,5-12H2,1-4H3,(H,31,33)(H,32,34)/b29-19-,30-20-. The predicted octanol–water partition coefficient (Wildman–Crippen LogP) is 4.44. The number of unbranched alkanes of at least 4 members (excludes halogenated alkanes) is 5. The Morgan fingerprint density at radius 3 is 1.39 bits per heavy atom. The molecule has 0 spiro atoms. The Kier molecular flexibility index (Phi) is 13.8. The number of hydrogen-bond donors (Lipinski definition) is 2. The lowest BCUT2D eigenvalue weighted by Crippen LogP contribution is -2.17. The molecule has 38 heavy (non-hydrogen) atoms. The quantitative estimate of drug-likeness (QED) is 0.179. The minimum atomic E-state index is -0.132.